The number of amides is 1. The van der Waals surface area contributed by atoms with Gasteiger partial charge in [-0.25, -0.2) is 0 Å². The van der Waals surface area contributed by atoms with Crippen molar-refractivity contribution in [2.45, 2.75) is 57.9 Å². The van der Waals surface area contributed by atoms with Gasteiger partial charge < -0.3 is 11.1 Å². The van der Waals surface area contributed by atoms with Crippen LogP contribution in [0.3, 0.4) is 0 Å². The first-order valence-electron chi connectivity index (χ1n) is 7.73. The van der Waals surface area contributed by atoms with Gasteiger partial charge in [0.1, 0.15) is 0 Å². The molecule has 3 heteroatoms. The lowest BCUT2D eigenvalue weighted by molar-refractivity contribution is -0.123. The predicted molar refractivity (Wildman–Crippen MR) is 83.4 cm³/mol. The van der Waals surface area contributed by atoms with Gasteiger partial charge in [-0.05, 0) is 50.3 Å². The second kappa shape index (κ2) is 6.78. The number of nitrogens with one attached hydrogen (secondary N) is 1. The molecule has 0 radical (unpaired) electrons. The third kappa shape index (κ3) is 3.75. The van der Waals surface area contributed by atoms with E-state index in [2.05, 4.69) is 12.2 Å². The van der Waals surface area contributed by atoms with Gasteiger partial charge in [0, 0.05) is 11.7 Å². The molecule has 0 saturated heterocycles. The molecule has 1 amide bonds. The first-order chi connectivity index (χ1) is 9.58. The summed E-state index contributed by atoms with van der Waals surface area (Å²) in [6.45, 7) is 4.08. The van der Waals surface area contributed by atoms with Crippen molar-refractivity contribution >= 4 is 11.6 Å². The van der Waals surface area contributed by atoms with E-state index in [1.165, 1.54) is 32.1 Å². The van der Waals surface area contributed by atoms with Crippen molar-refractivity contribution in [3.8, 4) is 0 Å². The van der Waals surface area contributed by atoms with Gasteiger partial charge in [0.05, 0.1) is 5.92 Å². The minimum Gasteiger partial charge on any atom is -0.399 e. The maximum absolute atomic E-state index is 12.4. The van der Waals surface area contributed by atoms with Crippen LogP contribution in [0.4, 0.5) is 5.69 Å². The zero-order valence-corrected chi connectivity index (χ0v) is 12.6. The molecule has 2 rings (SSSR count). The van der Waals surface area contributed by atoms with Gasteiger partial charge in [0.15, 0.2) is 0 Å². The summed E-state index contributed by atoms with van der Waals surface area (Å²) in [5.74, 6) is 0.596. The topological polar surface area (TPSA) is 55.1 Å². The van der Waals surface area contributed by atoms with Crippen LogP contribution in [0.2, 0.25) is 0 Å². The minimum absolute atomic E-state index is 0.105. The molecule has 1 aliphatic carbocycles. The van der Waals surface area contributed by atoms with E-state index in [0.717, 1.165) is 5.56 Å². The van der Waals surface area contributed by atoms with E-state index in [1.807, 2.05) is 31.2 Å². The number of carbonyl (C=O) groups excluding carboxylic acids is 1. The number of benzene rings is 1. The average Bonchev–Trinajstić information content (AvgIpc) is 2.47. The Kier molecular flexibility index (Phi) is 5.05. The third-order valence-corrected chi connectivity index (χ3v) is 4.53. The zero-order valence-electron chi connectivity index (χ0n) is 12.6. The number of anilines is 1. The van der Waals surface area contributed by atoms with Gasteiger partial charge in [-0.3, -0.25) is 4.79 Å². The van der Waals surface area contributed by atoms with Crippen LogP contribution in [-0.2, 0) is 4.79 Å². The molecule has 2 unspecified atom stereocenters. The van der Waals surface area contributed by atoms with Crippen LogP contribution < -0.4 is 11.1 Å². The molecule has 1 aliphatic rings. The monoisotopic (exact) mass is 274 g/mol. The number of rotatable bonds is 4. The van der Waals surface area contributed by atoms with Crippen molar-refractivity contribution in [3.63, 3.8) is 0 Å². The lowest BCUT2D eigenvalue weighted by Crippen LogP contribution is -2.40. The van der Waals surface area contributed by atoms with E-state index in [-0.39, 0.29) is 17.9 Å². The number of nitrogens with two attached hydrogens (primary N) is 1. The molecule has 0 heterocycles. The molecule has 1 fully saturated rings. The third-order valence-electron chi connectivity index (χ3n) is 4.53. The van der Waals surface area contributed by atoms with Crippen molar-refractivity contribution in [1.82, 2.24) is 5.32 Å². The molecule has 110 valence electrons. The fourth-order valence-electron chi connectivity index (χ4n) is 3.08. The molecule has 0 bridgehead atoms. The van der Waals surface area contributed by atoms with Gasteiger partial charge in [-0.1, -0.05) is 31.4 Å². The lowest BCUT2D eigenvalue weighted by Gasteiger charge is -2.29. The van der Waals surface area contributed by atoms with Crippen molar-refractivity contribution in [2.24, 2.45) is 5.92 Å². The van der Waals surface area contributed by atoms with Crippen molar-refractivity contribution in [2.75, 3.05) is 5.73 Å². The van der Waals surface area contributed by atoms with Crippen LogP contribution in [0.5, 0.6) is 0 Å². The Labute approximate surface area is 121 Å². The second-order valence-corrected chi connectivity index (χ2v) is 6.09. The normalized spacial score (nSPS) is 19.3. The summed E-state index contributed by atoms with van der Waals surface area (Å²) in [6.07, 6.45) is 6.43. The Bertz CT molecular complexity index is 452. The van der Waals surface area contributed by atoms with Crippen LogP contribution >= 0.6 is 0 Å². The van der Waals surface area contributed by atoms with Crippen LogP contribution in [-0.4, -0.2) is 11.9 Å². The molecular formula is C17H26N2O. The van der Waals surface area contributed by atoms with Gasteiger partial charge in [-0.15, -0.1) is 0 Å². The molecule has 1 aromatic carbocycles. The van der Waals surface area contributed by atoms with Gasteiger partial charge in [0.2, 0.25) is 5.91 Å². The first kappa shape index (κ1) is 14.9. The van der Waals surface area contributed by atoms with Crippen molar-refractivity contribution in [3.05, 3.63) is 29.8 Å². The molecule has 0 spiro atoms. The molecule has 3 nitrogen and oxygen atoms in total. The van der Waals surface area contributed by atoms with Crippen LogP contribution in [0.1, 0.15) is 57.4 Å². The Morgan fingerprint density at radius 1 is 1.25 bits per heavy atom. The summed E-state index contributed by atoms with van der Waals surface area (Å²) in [6, 6.07) is 7.87. The van der Waals surface area contributed by atoms with Gasteiger partial charge >= 0.3 is 0 Å². The summed E-state index contributed by atoms with van der Waals surface area (Å²) < 4.78 is 0. The van der Waals surface area contributed by atoms with E-state index in [4.69, 9.17) is 5.73 Å². The van der Waals surface area contributed by atoms with Crippen molar-refractivity contribution in [1.29, 1.82) is 0 Å². The quantitative estimate of drug-likeness (QED) is 0.826. The number of carbonyl (C=O) groups is 1. The van der Waals surface area contributed by atoms with E-state index < -0.39 is 0 Å². The molecule has 3 N–H and O–H groups in total. The average molecular weight is 274 g/mol. The summed E-state index contributed by atoms with van der Waals surface area (Å²) in [4.78, 5) is 12.4. The Balaban J connectivity index is 1.93. The fraction of sp³-hybridized carbons (Fsp3) is 0.588. The molecule has 0 aliphatic heterocycles. The summed E-state index contributed by atoms with van der Waals surface area (Å²) in [7, 11) is 0. The summed E-state index contributed by atoms with van der Waals surface area (Å²) in [5.41, 5.74) is 7.48. The van der Waals surface area contributed by atoms with E-state index in [1.54, 1.807) is 0 Å². The number of nitrogen functional groups attached to an aromatic ring is 1. The summed E-state index contributed by atoms with van der Waals surface area (Å²) in [5, 5.41) is 3.19. The van der Waals surface area contributed by atoms with Crippen LogP contribution in [0.25, 0.3) is 0 Å². The standard InChI is InChI=1S/C17H26N2O/c1-12(15-9-6-10-16(18)11-15)17(20)19-13(2)14-7-4-3-5-8-14/h6,9-14H,3-5,7-8,18H2,1-2H3,(H,19,20). The molecule has 20 heavy (non-hydrogen) atoms. The number of hydrogen-bond donors (Lipinski definition) is 2. The fourth-order valence-corrected chi connectivity index (χ4v) is 3.08. The molecular weight excluding hydrogens is 248 g/mol. The maximum Gasteiger partial charge on any atom is 0.227 e. The highest BCUT2D eigenvalue weighted by Crippen LogP contribution is 2.27. The molecule has 0 aromatic heterocycles. The SMILES string of the molecule is CC(C(=O)NC(C)C1CCCCC1)c1cccc(N)c1. The highest BCUT2D eigenvalue weighted by molar-refractivity contribution is 5.83. The highest BCUT2D eigenvalue weighted by atomic mass is 16.1. The zero-order chi connectivity index (χ0) is 14.5. The number of hydrogen-bond acceptors (Lipinski definition) is 2. The van der Waals surface area contributed by atoms with E-state index in [0.29, 0.717) is 11.6 Å². The highest BCUT2D eigenvalue weighted by Gasteiger charge is 2.23. The predicted octanol–water partition coefficient (Wildman–Crippen LogP) is 3.46. The van der Waals surface area contributed by atoms with Crippen molar-refractivity contribution < 1.29 is 4.79 Å². The minimum atomic E-state index is -0.149. The second-order valence-electron chi connectivity index (χ2n) is 6.09. The van der Waals surface area contributed by atoms with Crippen LogP contribution in [0.15, 0.2) is 24.3 Å². The summed E-state index contributed by atoms with van der Waals surface area (Å²) >= 11 is 0. The lowest BCUT2D eigenvalue weighted by atomic mass is 9.84. The van der Waals surface area contributed by atoms with Crippen LogP contribution in [0, 0.1) is 5.92 Å². The van der Waals surface area contributed by atoms with E-state index in [9.17, 15) is 4.79 Å². The Hall–Kier alpha value is -1.51. The molecule has 2 atom stereocenters. The maximum atomic E-state index is 12.4. The van der Waals surface area contributed by atoms with Gasteiger partial charge in [0.25, 0.3) is 0 Å². The Morgan fingerprint density at radius 2 is 1.95 bits per heavy atom. The van der Waals surface area contributed by atoms with Gasteiger partial charge in [-0.2, -0.15) is 0 Å². The molecule has 1 aromatic rings. The largest absolute Gasteiger partial charge is 0.399 e. The molecule has 1 saturated carbocycles. The van der Waals surface area contributed by atoms with E-state index >= 15 is 0 Å². The smallest absolute Gasteiger partial charge is 0.227 e. The first-order valence-corrected chi connectivity index (χ1v) is 7.73. The Morgan fingerprint density at radius 3 is 2.60 bits per heavy atom.